The molecule has 1 fully saturated rings. The molecule has 2 heterocycles. The minimum Gasteiger partial charge on any atom is -0.457 e. The molecule has 0 aliphatic carbocycles. The lowest BCUT2D eigenvalue weighted by Crippen LogP contribution is -2.35. The summed E-state index contributed by atoms with van der Waals surface area (Å²) in [4.78, 5) is 2.56. The molecule has 4 rings (SSSR count). The highest BCUT2D eigenvalue weighted by Gasteiger charge is 2.26. The molecule has 1 unspecified atom stereocenters. The van der Waals surface area contributed by atoms with Crippen molar-refractivity contribution in [3.8, 4) is 11.5 Å². The lowest BCUT2D eigenvalue weighted by molar-refractivity contribution is 0.179. The van der Waals surface area contributed by atoms with Crippen LogP contribution in [0.4, 0.5) is 0 Å². The fourth-order valence-electron chi connectivity index (χ4n) is 4.10. The average Bonchev–Trinajstić information content (AvgIpc) is 3.18. The maximum Gasteiger partial charge on any atom is 0.127 e. The molecule has 3 aromatic rings. The van der Waals surface area contributed by atoms with Gasteiger partial charge in [0.2, 0.25) is 0 Å². The van der Waals surface area contributed by atoms with Crippen LogP contribution in [0.1, 0.15) is 36.6 Å². The van der Waals surface area contributed by atoms with Gasteiger partial charge in [-0.05, 0) is 67.9 Å². The average molecular weight is 377 g/mol. The van der Waals surface area contributed by atoms with E-state index in [1.807, 2.05) is 36.4 Å². The summed E-state index contributed by atoms with van der Waals surface area (Å²) in [5, 5.41) is 9.48. The standard InChI is InChI=1S/C24H28N2O2/c27-18-17-25-16-8-13-23(25)24(26-14-5-2-6-15-26)20-9-7-12-22(19-20)28-21-10-3-1-4-11-21/h1,3-4,7-13,16,19,24,27H,2,5-6,14-15,17-18H2. The van der Waals surface area contributed by atoms with E-state index in [4.69, 9.17) is 4.74 Å². The van der Waals surface area contributed by atoms with Gasteiger partial charge in [0.1, 0.15) is 11.5 Å². The number of para-hydroxylation sites is 1. The Morgan fingerprint density at radius 1 is 0.857 bits per heavy atom. The van der Waals surface area contributed by atoms with Crippen molar-refractivity contribution in [1.29, 1.82) is 0 Å². The minimum atomic E-state index is 0.144. The van der Waals surface area contributed by atoms with Gasteiger partial charge in [-0.3, -0.25) is 4.90 Å². The Bertz CT molecular complexity index is 869. The number of aliphatic hydroxyl groups excluding tert-OH is 1. The number of ether oxygens (including phenoxy) is 1. The zero-order valence-corrected chi connectivity index (χ0v) is 16.2. The summed E-state index contributed by atoms with van der Waals surface area (Å²) in [7, 11) is 0. The van der Waals surface area contributed by atoms with E-state index in [9.17, 15) is 5.11 Å². The lowest BCUT2D eigenvalue weighted by atomic mass is 9.98. The Morgan fingerprint density at radius 2 is 1.64 bits per heavy atom. The van der Waals surface area contributed by atoms with Gasteiger partial charge >= 0.3 is 0 Å². The van der Waals surface area contributed by atoms with Gasteiger partial charge in [0.15, 0.2) is 0 Å². The summed E-state index contributed by atoms with van der Waals surface area (Å²) >= 11 is 0. The van der Waals surface area contributed by atoms with E-state index in [2.05, 4.69) is 46.0 Å². The molecule has 0 saturated carbocycles. The van der Waals surface area contributed by atoms with Crippen LogP contribution in [0.2, 0.25) is 0 Å². The van der Waals surface area contributed by atoms with Gasteiger partial charge in [-0.15, -0.1) is 0 Å². The van der Waals surface area contributed by atoms with Crippen LogP contribution in [-0.4, -0.2) is 34.3 Å². The Morgan fingerprint density at radius 3 is 2.43 bits per heavy atom. The number of aliphatic hydroxyl groups is 1. The monoisotopic (exact) mass is 376 g/mol. The van der Waals surface area contributed by atoms with E-state index < -0.39 is 0 Å². The van der Waals surface area contributed by atoms with Crippen LogP contribution < -0.4 is 4.74 Å². The van der Waals surface area contributed by atoms with Crippen molar-refractivity contribution in [3.63, 3.8) is 0 Å². The second kappa shape index (κ2) is 9.09. The van der Waals surface area contributed by atoms with Gasteiger partial charge in [0.25, 0.3) is 0 Å². The van der Waals surface area contributed by atoms with E-state index in [0.29, 0.717) is 6.54 Å². The van der Waals surface area contributed by atoms with Gasteiger partial charge in [-0.2, -0.15) is 0 Å². The molecule has 0 amide bonds. The predicted molar refractivity (Wildman–Crippen MR) is 112 cm³/mol. The van der Waals surface area contributed by atoms with Crippen LogP contribution in [0, 0.1) is 0 Å². The van der Waals surface area contributed by atoms with Gasteiger partial charge < -0.3 is 14.4 Å². The van der Waals surface area contributed by atoms with Crippen molar-refractivity contribution < 1.29 is 9.84 Å². The van der Waals surface area contributed by atoms with Gasteiger partial charge in [-0.1, -0.05) is 36.8 Å². The maximum atomic E-state index is 9.48. The number of benzene rings is 2. The lowest BCUT2D eigenvalue weighted by Gasteiger charge is -2.35. The topological polar surface area (TPSA) is 37.6 Å². The van der Waals surface area contributed by atoms with E-state index >= 15 is 0 Å². The molecule has 1 N–H and O–H groups in total. The van der Waals surface area contributed by atoms with Crippen LogP contribution in [0.25, 0.3) is 0 Å². The SMILES string of the molecule is OCCn1cccc1C(c1cccc(Oc2ccccc2)c1)N1CCCCC1. The quantitative estimate of drug-likeness (QED) is 0.641. The second-order valence-electron chi connectivity index (χ2n) is 7.34. The van der Waals surface area contributed by atoms with E-state index in [-0.39, 0.29) is 12.6 Å². The predicted octanol–water partition coefficient (Wildman–Crippen LogP) is 4.85. The van der Waals surface area contributed by atoms with Crippen molar-refractivity contribution in [2.24, 2.45) is 0 Å². The number of hydrogen-bond acceptors (Lipinski definition) is 3. The third-order valence-corrected chi connectivity index (χ3v) is 5.39. The first kappa shape index (κ1) is 18.8. The fraction of sp³-hybridized carbons (Fsp3) is 0.333. The van der Waals surface area contributed by atoms with Crippen LogP contribution in [0.3, 0.4) is 0 Å². The maximum absolute atomic E-state index is 9.48. The van der Waals surface area contributed by atoms with Gasteiger partial charge in [0.05, 0.1) is 12.6 Å². The molecule has 0 bridgehead atoms. The molecule has 0 radical (unpaired) electrons. The van der Waals surface area contributed by atoms with Crippen LogP contribution in [0.15, 0.2) is 72.9 Å². The van der Waals surface area contributed by atoms with Gasteiger partial charge in [0, 0.05) is 18.4 Å². The molecule has 2 aromatic carbocycles. The Kier molecular flexibility index (Phi) is 6.10. The molecule has 4 nitrogen and oxygen atoms in total. The number of aromatic nitrogens is 1. The first-order valence-corrected chi connectivity index (χ1v) is 10.2. The molecule has 1 aromatic heterocycles. The highest BCUT2D eigenvalue weighted by molar-refractivity contribution is 5.38. The number of rotatable bonds is 7. The molecule has 1 atom stereocenters. The first-order chi connectivity index (χ1) is 13.8. The zero-order valence-electron chi connectivity index (χ0n) is 16.2. The van der Waals surface area contributed by atoms with Crippen LogP contribution >= 0.6 is 0 Å². The highest BCUT2D eigenvalue weighted by Crippen LogP contribution is 2.34. The minimum absolute atomic E-state index is 0.144. The van der Waals surface area contributed by atoms with E-state index in [1.165, 1.54) is 30.5 Å². The molecule has 1 saturated heterocycles. The van der Waals surface area contributed by atoms with Crippen LogP contribution in [-0.2, 0) is 6.54 Å². The zero-order chi connectivity index (χ0) is 19.2. The largest absolute Gasteiger partial charge is 0.457 e. The molecule has 0 spiro atoms. The molecule has 1 aliphatic heterocycles. The third-order valence-electron chi connectivity index (χ3n) is 5.39. The molecule has 28 heavy (non-hydrogen) atoms. The summed E-state index contributed by atoms with van der Waals surface area (Å²) in [5.74, 6) is 1.70. The van der Waals surface area contributed by atoms with Gasteiger partial charge in [-0.25, -0.2) is 0 Å². The van der Waals surface area contributed by atoms with Crippen molar-refractivity contribution in [1.82, 2.24) is 9.47 Å². The Hall–Kier alpha value is -2.56. The molecule has 1 aliphatic rings. The summed E-state index contributed by atoms with van der Waals surface area (Å²) in [6.07, 6.45) is 5.83. The molecular weight excluding hydrogens is 348 g/mol. The summed E-state index contributed by atoms with van der Waals surface area (Å²) in [5.41, 5.74) is 2.46. The summed E-state index contributed by atoms with van der Waals surface area (Å²) in [6.45, 7) is 2.95. The number of nitrogens with zero attached hydrogens (tertiary/aromatic N) is 2. The molecular formula is C24H28N2O2. The molecule has 146 valence electrons. The normalized spacial score (nSPS) is 16.0. The fourth-order valence-corrected chi connectivity index (χ4v) is 4.10. The Balaban J connectivity index is 1.68. The second-order valence-corrected chi connectivity index (χ2v) is 7.34. The number of likely N-dealkylation sites (tertiary alicyclic amines) is 1. The van der Waals surface area contributed by atoms with Crippen molar-refractivity contribution in [3.05, 3.63) is 84.2 Å². The number of hydrogen-bond donors (Lipinski definition) is 1. The number of piperidine rings is 1. The first-order valence-electron chi connectivity index (χ1n) is 10.2. The Labute approximate surface area is 167 Å². The third kappa shape index (κ3) is 4.29. The molecule has 4 heteroatoms. The van der Waals surface area contributed by atoms with Crippen molar-refractivity contribution in [2.75, 3.05) is 19.7 Å². The van der Waals surface area contributed by atoms with Crippen LogP contribution in [0.5, 0.6) is 11.5 Å². The smallest absolute Gasteiger partial charge is 0.127 e. The van der Waals surface area contributed by atoms with Crippen molar-refractivity contribution >= 4 is 0 Å². The van der Waals surface area contributed by atoms with Crippen molar-refractivity contribution in [2.45, 2.75) is 31.8 Å². The highest BCUT2D eigenvalue weighted by atomic mass is 16.5. The van der Waals surface area contributed by atoms with E-state index in [0.717, 1.165) is 24.6 Å². The summed E-state index contributed by atoms with van der Waals surface area (Å²) in [6, 6.07) is 22.8. The van der Waals surface area contributed by atoms with E-state index in [1.54, 1.807) is 0 Å². The summed E-state index contributed by atoms with van der Waals surface area (Å²) < 4.78 is 8.26.